The first-order valence-corrected chi connectivity index (χ1v) is 42.5. The molecule has 3 unspecified atom stereocenters. The zero-order valence-corrected chi connectivity index (χ0v) is 63.8. The van der Waals surface area contributed by atoms with Crippen molar-refractivity contribution in [3.8, 4) is 0 Å². The van der Waals surface area contributed by atoms with Crippen molar-refractivity contribution in [2.45, 2.75) is 400 Å². The lowest BCUT2D eigenvalue weighted by atomic mass is 9.99. The summed E-state index contributed by atoms with van der Waals surface area (Å²) in [6.07, 6.45) is 61.9. The Kier molecular flexibility index (Phi) is 67.8. The van der Waals surface area contributed by atoms with Gasteiger partial charge in [-0.25, -0.2) is 9.13 Å². The largest absolute Gasteiger partial charge is 0.472 e. The number of unbranched alkanes of at least 4 members (excludes halogenated alkanes) is 43. The third-order valence-corrected chi connectivity index (χ3v) is 19.7. The molecule has 0 aromatic rings. The van der Waals surface area contributed by atoms with E-state index in [4.69, 9.17) is 37.0 Å². The van der Waals surface area contributed by atoms with Crippen LogP contribution in [0.5, 0.6) is 0 Å². The van der Waals surface area contributed by atoms with E-state index in [9.17, 15) is 43.2 Å². The van der Waals surface area contributed by atoms with Gasteiger partial charge in [0.15, 0.2) is 12.2 Å². The second-order valence-electron chi connectivity index (χ2n) is 27.3. The van der Waals surface area contributed by atoms with Gasteiger partial charge in [-0.15, -0.1) is 0 Å². The summed E-state index contributed by atoms with van der Waals surface area (Å²) < 4.78 is 68.4. The smallest absolute Gasteiger partial charge is 0.462 e. The molecule has 6 atom stereocenters. The van der Waals surface area contributed by atoms with Crippen LogP contribution in [0.1, 0.15) is 381 Å². The molecule has 3 N–H and O–H groups in total. The summed E-state index contributed by atoms with van der Waals surface area (Å²) in [6.45, 7) is 7.26. The average molecular weight is 1410 g/mol. The summed E-state index contributed by atoms with van der Waals surface area (Å²) in [5.74, 6) is -1.28. The lowest BCUT2D eigenvalue weighted by Crippen LogP contribution is -2.30. The predicted octanol–water partition coefficient (Wildman–Crippen LogP) is 22.4. The molecule has 0 aliphatic rings. The van der Waals surface area contributed by atoms with Gasteiger partial charge >= 0.3 is 39.5 Å². The first-order chi connectivity index (χ1) is 46.6. The zero-order valence-electron chi connectivity index (χ0n) is 62.0. The number of carbonyl (C=O) groups is 4. The second-order valence-corrected chi connectivity index (χ2v) is 30.2. The molecule has 0 amide bonds. The van der Waals surface area contributed by atoms with Crippen molar-refractivity contribution >= 4 is 39.5 Å². The Labute approximate surface area is 586 Å². The fourth-order valence-corrected chi connectivity index (χ4v) is 12.9. The van der Waals surface area contributed by atoms with Gasteiger partial charge in [0.05, 0.1) is 26.4 Å². The summed E-state index contributed by atoms with van der Waals surface area (Å²) >= 11 is 0. The Bertz CT molecular complexity index is 1940. The van der Waals surface area contributed by atoms with E-state index in [-0.39, 0.29) is 25.7 Å². The maximum Gasteiger partial charge on any atom is 0.472 e. The van der Waals surface area contributed by atoms with Gasteiger partial charge in [-0.1, -0.05) is 329 Å². The van der Waals surface area contributed by atoms with Gasteiger partial charge in [0.1, 0.15) is 19.3 Å². The minimum Gasteiger partial charge on any atom is -0.462 e. The Balaban J connectivity index is 5.20. The third kappa shape index (κ3) is 68.7. The van der Waals surface area contributed by atoms with E-state index in [0.29, 0.717) is 25.7 Å². The lowest BCUT2D eigenvalue weighted by molar-refractivity contribution is -0.161. The van der Waals surface area contributed by atoms with Crippen molar-refractivity contribution in [1.29, 1.82) is 0 Å². The molecule has 0 aliphatic heterocycles. The highest BCUT2D eigenvalue weighted by Gasteiger charge is 2.30. The van der Waals surface area contributed by atoms with Gasteiger partial charge < -0.3 is 33.8 Å². The summed E-state index contributed by atoms with van der Waals surface area (Å²) in [4.78, 5) is 72.7. The van der Waals surface area contributed by atoms with Gasteiger partial charge in [-0.2, -0.15) is 0 Å². The molecule has 566 valence electrons. The second kappa shape index (κ2) is 69.6. The number of allylic oxidation sites excluding steroid dienone is 4. The first kappa shape index (κ1) is 93.5. The molecule has 96 heavy (non-hydrogen) atoms. The number of esters is 4. The summed E-state index contributed by atoms with van der Waals surface area (Å²) in [5.41, 5.74) is 0. The van der Waals surface area contributed by atoms with Crippen LogP contribution in [0.3, 0.4) is 0 Å². The number of ether oxygens (including phenoxy) is 4. The molecule has 0 fully saturated rings. The van der Waals surface area contributed by atoms with E-state index >= 15 is 0 Å². The topological polar surface area (TPSA) is 237 Å². The molecule has 0 spiro atoms. The maximum atomic E-state index is 13.1. The first-order valence-electron chi connectivity index (χ1n) is 39.5. The number of carbonyl (C=O) groups excluding carboxylic acids is 4. The standard InChI is InChI=1S/C77H146O17P2/c1-6-10-13-16-19-22-24-25-30-34-38-41-46-51-56-61-75(80)88-67-73(94-77(82)63-58-53-48-43-39-35-32-29-27-26-28-31-33-37-40-44-49-54-59-70(5)9-4)69-92-96(85,86)90-65-71(78)64-89-95(83,84)91-68-72(66-87-74(79)60-55-50-45-21-18-15-12-8-3)93-76(81)62-57-52-47-42-36-23-20-17-14-11-7-2/h22,24-25,30,70-73,78H,6-21,23,26-29,31-69H2,1-5H3,(H,83,84)(H,85,86)/b24-22-,30-25-/t70?,71-,72+,73+/m0/s1. The zero-order chi connectivity index (χ0) is 70.5. The van der Waals surface area contributed by atoms with Crippen LogP contribution in [0.15, 0.2) is 24.3 Å². The van der Waals surface area contributed by atoms with Crippen molar-refractivity contribution in [2.75, 3.05) is 39.6 Å². The molecule has 0 rings (SSSR count). The van der Waals surface area contributed by atoms with Gasteiger partial charge in [-0.05, 0) is 57.3 Å². The number of aliphatic hydroxyl groups is 1. The van der Waals surface area contributed by atoms with Crippen molar-refractivity contribution in [1.82, 2.24) is 0 Å². The summed E-state index contributed by atoms with van der Waals surface area (Å²) in [6, 6.07) is 0. The SMILES string of the molecule is CCCCCC/C=C\C=C/CCCCCCCC(=O)OC[C@H](COP(=O)(O)OC[C@@H](O)COP(=O)(O)OC[C@@H](COC(=O)CCCCCCCCCC)OC(=O)CCCCCCCCCCCCC)OC(=O)CCCCCCCCCCCCCCCCCCCCC(C)CC. The molecule has 0 bridgehead atoms. The molecular formula is C77H146O17P2. The molecule has 0 heterocycles. The molecule has 0 aliphatic carbocycles. The van der Waals surface area contributed by atoms with Crippen LogP contribution >= 0.6 is 15.6 Å². The minimum absolute atomic E-state index is 0.102. The molecule has 0 saturated heterocycles. The lowest BCUT2D eigenvalue weighted by Gasteiger charge is -2.21. The third-order valence-electron chi connectivity index (χ3n) is 17.8. The summed E-state index contributed by atoms with van der Waals surface area (Å²) in [7, 11) is -9.92. The van der Waals surface area contributed by atoms with Gasteiger partial charge in [0, 0.05) is 25.7 Å². The van der Waals surface area contributed by atoms with Gasteiger partial charge in [0.2, 0.25) is 0 Å². The highest BCUT2D eigenvalue weighted by molar-refractivity contribution is 7.47. The number of rotatable bonds is 75. The normalized spacial score (nSPS) is 14.4. The Morgan fingerprint density at radius 1 is 0.333 bits per heavy atom. The molecule has 0 saturated carbocycles. The number of aliphatic hydroxyl groups excluding tert-OH is 1. The quantitative estimate of drug-likeness (QED) is 0.0169. The van der Waals surface area contributed by atoms with Crippen LogP contribution in [-0.4, -0.2) is 96.7 Å². The number of hydrogen-bond donors (Lipinski definition) is 3. The van der Waals surface area contributed by atoms with Crippen LogP contribution in [-0.2, 0) is 65.4 Å². The van der Waals surface area contributed by atoms with Crippen LogP contribution in [0.4, 0.5) is 0 Å². The van der Waals surface area contributed by atoms with E-state index in [1.165, 1.54) is 180 Å². The van der Waals surface area contributed by atoms with Gasteiger partial charge in [0.25, 0.3) is 0 Å². The number of phosphoric acid groups is 2. The highest BCUT2D eigenvalue weighted by atomic mass is 31.2. The van der Waals surface area contributed by atoms with E-state index < -0.39 is 97.5 Å². The van der Waals surface area contributed by atoms with Crippen molar-refractivity contribution in [2.24, 2.45) is 5.92 Å². The molecular weight excluding hydrogens is 1260 g/mol. The molecule has 0 radical (unpaired) electrons. The fourth-order valence-electron chi connectivity index (χ4n) is 11.3. The van der Waals surface area contributed by atoms with E-state index in [2.05, 4.69) is 58.9 Å². The molecule has 0 aromatic carbocycles. The molecule has 19 heteroatoms. The van der Waals surface area contributed by atoms with Crippen molar-refractivity contribution in [3.05, 3.63) is 24.3 Å². The summed E-state index contributed by atoms with van der Waals surface area (Å²) in [5, 5.41) is 10.6. The van der Waals surface area contributed by atoms with Crippen LogP contribution in [0.2, 0.25) is 0 Å². The van der Waals surface area contributed by atoms with Crippen LogP contribution < -0.4 is 0 Å². The fraction of sp³-hybridized carbons (Fsp3) is 0.896. The average Bonchev–Trinajstić information content (AvgIpc) is 1.57. The Hall–Kier alpha value is -2.46. The Morgan fingerprint density at radius 3 is 0.885 bits per heavy atom. The van der Waals surface area contributed by atoms with E-state index in [1.807, 2.05) is 0 Å². The van der Waals surface area contributed by atoms with E-state index in [0.717, 1.165) is 121 Å². The predicted molar refractivity (Wildman–Crippen MR) is 391 cm³/mol. The van der Waals surface area contributed by atoms with Crippen molar-refractivity contribution < 1.29 is 80.2 Å². The molecule has 0 aromatic heterocycles. The van der Waals surface area contributed by atoms with Gasteiger partial charge in [-0.3, -0.25) is 37.3 Å². The minimum atomic E-state index is -4.96. The van der Waals surface area contributed by atoms with E-state index in [1.54, 1.807) is 0 Å². The highest BCUT2D eigenvalue weighted by Crippen LogP contribution is 2.45. The number of phosphoric ester groups is 2. The number of hydrogen-bond acceptors (Lipinski definition) is 15. The monoisotopic (exact) mass is 1410 g/mol. The van der Waals surface area contributed by atoms with Crippen molar-refractivity contribution in [3.63, 3.8) is 0 Å². The van der Waals surface area contributed by atoms with Crippen LogP contribution in [0, 0.1) is 5.92 Å². The maximum absolute atomic E-state index is 13.1. The Morgan fingerprint density at radius 2 is 0.583 bits per heavy atom. The van der Waals surface area contributed by atoms with Crippen LogP contribution in [0.25, 0.3) is 0 Å². The molecule has 17 nitrogen and oxygen atoms in total.